The van der Waals surface area contributed by atoms with Crippen molar-refractivity contribution in [1.82, 2.24) is 19.7 Å². The lowest BCUT2D eigenvalue weighted by Crippen LogP contribution is -2.16. The Morgan fingerprint density at radius 3 is 3.00 bits per heavy atom. The Morgan fingerprint density at radius 2 is 2.28 bits per heavy atom. The van der Waals surface area contributed by atoms with Crippen LogP contribution >= 0.6 is 34.7 Å². The third-order valence-electron chi connectivity index (χ3n) is 4.03. The van der Waals surface area contributed by atoms with E-state index in [9.17, 15) is 0 Å². The van der Waals surface area contributed by atoms with E-state index >= 15 is 0 Å². The summed E-state index contributed by atoms with van der Waals surface area (Å²) in [6, 6.07) is 7.92. The monoisotopic (exact) mass is 392 g/mol. The molecule has 3 aromatic heterocycles. The van der Waals surface area contributed by atoms with Crippen molar-refractivity contribution in [1.29, 1.82) is 0 Å². The maximum Gasteiger partial charge on any atom is 0.191 e. The van der Waals surface area contributed by atoms with Gasteiger partial charge in [-0.25, -0.2) is 4.98 Å². The fourth-order valence-electron chi connectivity index (χ4n) is 2.78. The Labute approximate surface area is 159 Å². The molecule has 1 fully saturated rings. The molecule has 0 bridgehead atoms. The van der Waals surface area contributed by atoms with E-state index in [1.165, 1.54) is 0 Å². The van der Waals surface area contributed by atoms with E-state index in [4.69, 9.17) is 16.3 Å². The standard InChI is InChI=1S/C17H17ClN4OS2/c18-15-6-5-12(9-19-15)11-25-17-21-20-16(14-4-2-8-24-14)22(17)10-13-3-1-7-23-13/h2,4-6,8-9,13H,1,3,7,10-11H2. The van der Waals surface area contributed by atoms with E-state index in [2.05, 4.69) is 31.2 Å². The van der Waals surface area contributed by atoms with Crippen LogP contribution in [0, 0.1) is 0 Å². The van der Waals surface area contributed by atoms with Crippen LogP contribution in [0.2, 0.25) is 5.15 Å². The maximum atomic E-state index is 5.85. The van der Waals surface area contributed by atoms with E-state index in [0.29, 0.717) is 5.15 Å². The fourth-order valence-corrected chi connectivity index (χ4v) is 4.49. The van der Waals surface area contributed by atoms with Crippen molar-refractivity contribution in [3.63, 3.8) is 0 Å². The lowest BCUT2D eigenvalue weighted by atomic mass is 10.2. The first kappa shape index (κ1) is 17.0. The number of ether oxygens (including phenoxy) is 1. The predicted octanol–water partition coefficient (Wildman–Crippen LogP) is 4.53. The van der Waals surface area contributed by atoms with Gasteiger partial charge in [0.25, 0.3) is 0 Å². The van der Waals surface area contributed by atoms with E-state index in [1.54, 1.807) is 29.3 Å². The van der Waals surface area contributed by atoms with Gasteiger partial charge in [-0.2, -0.15) is 0 Å². The average molecular weight is 393 g/mol. The zero-order valence-corrected chi connectivity index (χ0v) is 15.9. The molecule has 1 aliphatic rings. The van der Waals surface area contributed by atoms with Gasteiger partial charge in [-0.1, -0.05) is 35.5 Å². The lowest BCUT2D eigenvalue weighted by molar-refractivity contribution is 0.0953. The van der Waals surface area contributed by atoms with Crippen molar-refractivity contribution in [3.05, 3.63) is 46.6 Å². The van der Waals surface area contributed by atoms with Crippen LogP contribution in [0.25, 0.3) is 10.7 Å². The van der Waals surface area contributed by atoms with Crippen LogP contribution < -0.4 is 0 Å². The van der Waals surface area contributed by atoms with Crippen LogP contribution in [0.1, 0.15) is 18.4 Å². The first-order valence-electron chi connectivity index (χ1n) is 8.11. The third-order valence-corrected chi connectivity index (χ3v) is 6.15. The number of hydrogen-bond acceptors (Lipinski definition) is 6. The maximum absolute atomic E-state index is 5.85. The minimum absolute atomic E-state index is 0.242. The van der Waals surface area contributed by atoms with Gasteiger partial charge in [0.2, 0.25) is 0 Å². The van der Waals surface area contributed by atoms with E-state index < -0.39 is 0 Å². The molecule has 0 spiro atoms. The van der Waals surface area contributed by atoms with Crippen molar-refractivity contribution in [3.8, 4) is 10.7 Å². The molecule has 0 N–H and O–H groups in total. The summed E-state index contributed by atoms with van der Waals surface area (Å²) in [4.78, 5) is 5.26. The summed E-state index contributed by atoms with van der Waals surface area (Å²) in [5.41, 5.74) is 1.11. The van der Waals surface area contributed by atoms with Gasteiger partial charge in [0.1, 0.15) is 5.15 Å². The Bertz CT molecular complexity index is 814. The Hall–Kier alpha value is -1.41. The molecule has 1 unspecified atom stereocenters. The highest BCUT2D eigenvalue weighted by atomic mass is 35.5. The lowest BCUT2D eigenvalue weighted by Gasteiger charge is -2.14. The second kappa shape index (κ2) is 7.86. The molecular formula is C17H17ClN4OS2. The van der Waals surface area contributed by atoms with Crippen molar-refractivity contribution in [2.24, 2.45) is 0 Å². The van der Waals surface area contributed by atoms with E-state index in [-0.39, 0.29) is 6.10 Å². The molecule has 1 atom stereocenters. The number of pyridine rings is 1. The summed E-state index contributed by atoms with van der Waals surface area (Å²) < 4.78 is 8.01. The molecule has 130 valence electrons. The number of halogens is 1. The molecule has 0 aliphatic carbocycles. The van der Waals surface area contributed by atoms with Crippen LogP contribution in [0.4, 0.5) is 0 Å². The Morgan fingerprint density at radius 1 is 1.32 bits per heavy atom. The van der Waals surface area contributed by atoms with Crippen LogP contribution in [-0.4, -0.2) is 32.5 Å². The highest BCUT2D eigenvalue weighted by Gasteiger charge is 2.22. The Balaban J connectivity index is 1.56. The van der Waals surface area contributed by atoms with Crippen LogP contribution in [-0.2, 0) is 17.0 Å². The SMILES string of the molecule is Clc1ccc(CSc2nnc(-c3cccs3)n2CC2CCCO2)cn1. The van der Waals surface area contributed by atoms with Crippen molar-refractivity contribution >= 4 is 34.7 Å². The number of rotatable bonds is 6. The summed E-state index contributed by atoms with van der Waals surface area (Å²) in [5, 5.41) is 12.3. The minimum Gasteiger partial charge on any atom is -0.376 e. The van der Waals surface area contributed by atoms with Gasteiger partial charge in [0, 0.05) is 18.6 Å². The normalized spacial score (nSPS) is 17.2. The second-order valence-corrected chi connectivity index (χ2v) is 8.08. The molecule has 8 heteroatoms. The Kier molecular flexibility index (Phi) is 5.36. The molecule has 0 radical (unpaired) electrons. The molecule has 4 rings (SSSR count). The number of hydrogen-bond donors (Lipinski definition) is 0. The summed E-state index contributed by atoms with van der Waals surface area (Å²) in [6.45, 7) is 1.64. The second-order valence-electron chi connectivity index (χ2n) is 5.81. The zero-order chi connectivity index (χ0) is 17.1. The molecule has 0 saturated carbocycles. The van der Waals surface area contributed by atoms with Crippen LogP contribution in [0.3, 0.4) is 0 Å². The molecule has 1 aliphatic heterocycles. The molecule has 1 saturated heterocycles. The molecule has 5 nitrogen and oxygen atoms in total. The highest BCUT2D eigenvalue weighted by molar-refractivity contribution is 7.98. The van der Waals surface area contributed by atoms with Gasteiger partial charge >= 0.3 is 0 Å². The average Bonchev–Trinajstić information content (AvgIpc) is 3.37. The summed E-state index contributed by atoms with van der Waals surface area (Å²) in [7, 11) is 0. The number of thiophene rings is 1. The summed E-state index contributed by atoms with van der Waals surface area (Å²) in [5.74, 6) is 1.69. The van der Waals surface area contributed by atoms with E-state index in [1.807, 2.05) is 18.2 Å². The molecule has 0 aromatic carbocycles. The predicted molar refractivity (Wildman–Crippen MR) is 101 cm³/mol. The minimum atomic E-state index is 0.242. The molecular weight excluding hydrogens is 376 g/mol. The van der Waals surface area contributed by atoms with Gasteiger partial charge in [-0.05, 0) is 35.9 Å². The molecule has 4 heterocycles. The summed E-state index contributed by atoms with van der Waals surface area (Å²) in [6.07, 6.45) is 4.26. The fraction of sp³-hybridized carbons (Fsp3) is 0.353. The molecule has 3 aromatic rings. The van der Waals surface area contributed by atoms with Crippen LogP contribution in [0.5, 0.6) is 0 Å². The zero-order valence-electron chi connectivity index (χ0n) is 13.5. The van der Waals surface area contributed by atoms with Crippen molar-refractivity contribution in [2.75, 3.05) is 6.61 Å². The van der Waals surface area contributed by atoms with Gasteiger partial charge in [-0.3, -0.25) is 4.57 Å². The third kappa shape index (κ3) is 4.06. The first-order chi connectivity index (χ1) is 12.3. The van der Waals surface area contributed by atoms with Crippen molar-refractivity contribution < 1.29 is 4.74 Å². The van der Waals surface area contributed by atoms with Gasteiger partial charge < -0.3 is 4.74 Å². The highest BCUT2D eigenvalue weighted by Crippen LogP contribution is 2.30. The first-order valence-corrected chi connectivity index (χ1v) is 10.4. The summed E-state index contributed by atoms with van der Waals surface area (Å²) >= 11 is 9.19. The van der Waals surface area contributed by atoms with E-state index in [0.717, 1.165) is 53.2 Å². The van der Waals surface area contributed by atoms with Gasteiger partial charge in [0.15, 0.2) is 11.0 Å². The number of thioether (sulfide) groups is 1. The largest absolute Gasteiger partial charge is 0.376 e. The van der Waals surface area contributed by atoms with Gasteiger partial charge in [0.05, 0.1) is 17.5 Å². The molecule has 0 amide bonds. The van der Waals surface area contributed by atoms with Gasteiger partial charge in [-0.15, -0.1) is 21.5 Å². The number of nitrogens with zero attached hydrogens (tertiary/aromatic N) is 4. The quantitative estimate of drug-likeness (QED) is 0.455. The smallest absolute Gasteiger partial charge is 0.191 e. The van der Waals surface area contributed by atoms with Crippen LogP contribution in [0.15, 0.2) is 41.0 Å². The van der Waals surface area contributed by atoms with Crippen molar-refractivity contribution in [2.45, 2.75) is 36.4 Å². The number of aromatic nitrogens is 4. The molecule has 25 heavy (non-hydrogen) atoms. The topological polar surface area (TPSA) is 52.8 Å².